The molecule has 1 aromatic heterocycles. The zero-order valence-electron chi connectivity index (χ0n) is 17.5. The zero-order valence-corrected chi connectivity index (χ0v) is 20.6. The van der Waals surface area contributed by atoms with Gasteiger partial charge in [-0.05, 0) is 46.1 Å². The van der Waals surface area contributed by atoms with Crippen molar-refractivity contribution in [3.05, 3.63) is 51.7 Å². The molecule has 0 amide bonds. The standard InChI is InChI=1S/C21H32N4OS.HI/c1-16(14-19-11-10-17(2)27-19)24-21(22-3)23-15-18-8-6-7-9-20(18)26-13-12-25(4)5;/h6-11,16H,12-15H2,1-5H3,(H2,22,23,24);1H. The smallest absolute Gasteiger partial charge is 0.191 e. The molecule has 0 saturated carbocycles. The summed E-state index contributed by atoms with van der Waals surface area (Å²) < 4.78 is 5.94. The summed E-state index contributed by atoms with van der Waals surface area (Å²) in [6.07, 6.45) is 0.990. The van der Waals surface area contributed by atoms with E-state index < -0.39 is 0 Å². The lowest BCUT2D eigenvalue weighted by Crippen LogP contribution is -2.42. The average molecular weight is 516 g/mol. The largest absolute Gasteiger partial charge is 0.492 e. The SMILES string of the molecule is CN=C(NCc1ccccc1OCCN(C)C)NC(C)Cc1ccc(C)s1.I. The van der Waals surface area contributed by atoms with Crippen LogP contribution in [-0.2, 0) is 13.0 Å². The number of aryl methyl sites for hydroxylation is 1. The van der Waals surface area contributed by atoms with Crippen LogP contribution in [0.4, 0.5) is 0 Å². The molecule has 0 aliphatic heterocycles. The molecule has 156 valence electrons. The van der Waals surface area contributed by atoms with Gasteiger partial charge >= 0.3 is 0 Å². The van der Waals surface area contributed by atoms with Gasteiger partial charge in [0, 0.05) is 47.9 Å². The van der Waals surface area contributed by atoms with Gasteiger partial charge in [0.25, 0.3) is 0 Å². The van der Waals surface area contributed by atoms with Crippen LogP contribution >= 0.6 is 35.3 Å². The molecule has 0 bridgehead atoms. The van der Waals surface area contributed by atoms with E-state index in [0.29, 0.717) is 19.2 Å². The topological polar surface area (TPSA) is 48.9 Å². The van der Waals surface area contributed by atoms with E-state index in [1.165, 1.54) is 9.75 Å². The van der Waals surface area contributed by atoms with Crippen molar-refractivity contribution in [2.24, 2.45) is 4.99 Å². The highest BCUT2D eigenvalue weighted by Gasteiger charge is 2.09. The molecule has 0 radical (unpaired) electrons. The van der Waals surface area contributed by atoms with Gasteiger partial charge in [-0.2, -0.15) is 0 Å². The second-order valence-corrected chi connectivity index (χ2v) is 8.32. The van der Waals surface area contributed by atoms with E-state index in [2.05, 4.69) is 52.6 Å². The predicted octanol–water partition coefficient (Wildman–Crippen LogP) is 3.91. The van der Waals surface area contributed by atoms with Gasteiger partial charge in [0.15, 0.2) is 5.96 Å². The molecule has 0 aliphatic carbocycles. The summed E-state index contributed by atoms with van der Waals surface area (Å²) in [6, 6.07) is 12.8. The first-order chi connectivity index (χ1) is 13.0. The number of rotatable bonds is 9. The predicted molar refractivity (Wildman–Crippen MR) is 131 cm³/mol. The molecule has 0 saturated heterocycles. The maximum atomic E-state index is 5.94. The van der Waals surface area contributed by atoms with Crippen LogP contribution in [0.5, 0.6) is 5.75 Å². The Bertz CT molecular complexity index is 733. The molecule has 28 heavy (non-hydrogen) atoms. The fourth-order valence-corrected chi connectivity index (χ4v) is 3.70. The van der Waals surface area contributed by atoms with Crippen molar-refractivity contribution >= 4 is 41.3 Å². The van der Waals surface area contributed by atoms with Crippen molar-refractivity contribution in [2.45, 2.75) is 32.9 Å². The third-order valence-corrected chi connectivity index (χ3v) is 5.15. The molecule has 0 fully saturated rings. The number of ether oxygens (including phenoxy) is 1. The number of hydrogen-bond donors (Lipinski definition) is 2. The van der Waals surface area contributed by atoms with Crippen molar-refractivity contribution < 1.29 is 4.74 Å². The molecule has 5 nitrogen and oxygen atoms in total. The molecule has 2 aromatic rings. The van der Waals surface area contributed by atoms with Crippen LogP contribution in [-0.4, -0.2) is 51.2 Å². The molecule has 2 N–H and O–H groups in total. The molecule has 0 spiro atoms. The molecule has 1 atom stereocenters. The van der Waals surface area contributed by atoms with Gasteiger partial charge in [-0.25, -0.2) is 0 Å². The van der Waals surface area contributed by atoms with Gasteiger partial charge < -0.3 is 20.3 Å². The minimum absolute atomic E-state index is 0. The van der Waals surface area contributed by atoms with Crippen LogP contribution in [0.25, 0.3) is 0 Å². The van der Waals surface area contributed by atoms with Crippen LogP contribution < -0.4 is 15.4 Å². The Labute approximate surface area is 190 Å². The molecule has 1 heterocycles. The summed E-state index contributed by atoms with van der Waals surface area (Å²) in [6.45, 7) is 6.56. The normalized spacial score (nSPS) is 12.4. The summed E-state index contributed by atoms with van der Waals surface area (Å²) in [7, 11) is 5.90. The van der Waals surface area contributed by atoms with E-state index in [4.69, 9.17) is 4.74 Å². The van der Waals surface area contributed by atoms with Gasteiger partial charge in [0.2, 0.25) is 0 Å². The van der Waals surface area contributed by atoms with E-state index in [0.717, 1.165) is 30.2 Å². The van der Waals surface area contributed by atoms with E-state index in [1.54, 1.807) is 7.05 Å². The Morgan fingerprint density at radius 2 is 1.96 bits per heavy atom. The van der Waals surface area contributed by atoms with Crippen LogP contribution in [0, 0.1) is 6.92 Å². The number of halogens is 1. The quantitative estimate of drug-likeness (QED) is 0.302. The Balaban J connectivity index is 0.00000392. The van der Waals surface area contributed by atoms with E-state index >= 15 is 0 Å². The van der Waals surface area contributed by atoms with Crippen molar-refractivity contribution in [2.75, 3.05) is 34.3 Å². The Morgan fingerprint density at radius 3 is 2.61 bits per heavy atom. The monoisotopic (exact) mass is 516 g/mol. The van der Waals surface area contributed by atoms with Gasteiger partial charge in [-0.3, -0.25) is 4.99 Å². The number of aliphatic imine (C=N–C) groups is 1. The second kappa shape index (κ2) is 13.0. The molecular formula is C21H33IN4OS. The van der Waals surface area contributed by atoms with Crippen molar-refractivity contribution in [1.82, 2.24) is 15.5 Å². The van der Waals surface area contributed by atoms with E-state index in [1.807, 2.05) is 43.6 Å². The van der Waals surface area contributed by atoms with Crippen LogP contribution in [0.1, 0.15) is 22.2 Å². The van der Waals surface area contributed by atoms with E-state index in [9.17, 15) is 0 Å². The maximum absolute atomic E-state index is 5.94. The molecule has 2 rings (SSSR count). The number of benzene rings is 1. The highest BCUT2D eigenvalue weighted by atomic mass is 127. The molecule has 0 aliphatic rings. The van der Waals surface area contributed by atoms with Crippen LogP contribution in [0.3, 0.4) is 0 Å². The highest BCUT2D eigenvalue weighted by Crippen LogP contribution is 2.18. The Hall–Kier alpha value is -1.32. The average Bonchev–Trinajstić information content (AvgIpc) is 3.03. The Morgan fingerprint density at radius 1 is 1.21 bits per heavy atom. The van der Waals surface area contributed by atoms with Gasteiger partial charge in [0.05, 0.1) is 0 Å². The fourth-order valence-electron chi connectivity index (χ4n) is 2.68. The van der Waals surface area contributed by atoms with Crippen molar-refractivity contribution in [3.63, 3.8) is 0 Å². The lowest BCUT2D eigenvalue weighted by atomic mass is 10.2. The summed E-state index contributed by atoms with van der Waals surface area (Å²) >= 11 is 1.85. The first-order valence-electron chi connectivity index (χ1n) is 9.36. The maximum Gasteiger partial charge on any atom is 0.191 e. The van der Waals surface area contributed by atoms with Crippen LogP contribution in [0.2, 0.25) is 0 Å². The van der Waals surface area contributed by atoms with Crippen molar-refractivity contribution in [1.29, 1.82) is 0 Å². The van der Waals surface area contributed by atoms with Gasteiger partial charge in [-0.15, -0.1) is 35.3 Å². The van der Waals surface area contributed by atoms with Gasteiger partial charge in [0.1, 0.15) is 12.4 Å². The van der Waals surface area contributed by atoms with Crippen LogP contribution in [0.15, 0.2) is 41.4 Å². The van der Waals surface area contributed by atoms with Crippen molar-refractivity contribution in [3.8, 4) is 5.75 Å². The molecular weight excluding hydrogens is 483 g/mol. The lowest BCUT2D eigenvalue weighted by Gasteiger charge is -2.19. The third-order valence-electron chi connectivity index (χ3n) is 4.13. The second-order valence-electron chi connectivity index (χ2n) is 6.95. The minimum atomic E-state index is 0. The summed E-state index contributed by atoms with van der Waals surface area (Å²) in [5.41, 5.74) is 1.13. The third kappa shape index (κ3) is 8.79. The molecule has 7 heteroatoms. The first-order valence-corrected chi connectivity index (χ1v) is 10.2. The molecule has 1 aromatic carbocycles. The lowest BCUT2D eigenvalue weighted by molar-refractivity contribution is 0.259. The zero-order chi connectivity index (χ0) is 19.6. The fraction of sp³-hybridized carbons (Fsp3) is 0.476. The minimum Gasteiger partial charge on any atom is -0.492 e. The summed E-state index contributed by atoms with van der Waals surface area (Å²) in [4.78, 5) is 9.21. The number of guanidine groups is 1. The first kappa shape index (κ1) is 24.7. The number of nitrogens with one attached hydrogen (secondary N) is 2. The highest BCUT2D eigenvalue weighted by molar-refractivity contribution is 14.0. The van der Waals surface area contributed by atoms with Gasteiger partial charge in [-0.1, -0.05) is 18.2 Å². The number of hydrogen-bond acceptors (Lipinski definition) is 4. The number of nitrogens with zero attached hydrogens (tertiary/aromatic N) is 2. The van der Waals surface area contributed by atoms with E-state index in [-0.39, 0.29) is 24.0 Å². The molecule has 1 unspecified atom stereocenters. The number of thiophene rings is 1. The Kier molecular flexibility index (Phi) is 11.5. The summed E-state index contributed by atoms with van der Waals surface area (Å²) in [5, 5.41) is 6.87. The summed E-state index contributed by atoms with van der Waals surface area (Å²) in [5.74, 6) is 1.73. The number of para-hydroxylation sites is 1. The number of likely N-dealkylation sites (N-methyl/N-ethyl adjacent to an activating group) is 1.